The lowest BCUT2D eigenvalue weighted by Crippen LogP contribution is -2.29. The van der Waals surface area contributed by atoms with Crippen LogP contribution in [0.5, 0.6) is 0 Å². The van der Waals surface area contributed by atoms with Crippen LogP contribution in [-0.2, 0) is 9.84 Å². The van der Waals surface area contributed by atoms with E-state index in [1.807, 2.05) is 0 Å². The normalized spacial score (nSPS) is 20.7. The summed E-state index contributed by atoms with van der Waals surface area (Å²) in [6.45, 7) is 0.343. The summed E-state index contributed by atoms with van der Waals surface area (Å²) < 4.78 is 28.2. The lowest BCUT2D eigenvalue weighted by molar-refractivity contribution is 0.0923. The van der Waals surface area contributed by atoms with Gasteiger partial charge in [-0.15, -0.1) is 0 Å². The maximum absolute atomic E-state index is 12.0. The molecule has 2 aromatic rings. The van der Waals surface area contributed by atoms with Crippen LogP contribution in [0.2, 0.25) is 5.02 Å². The zero-order chi connectivity index (χ0) is 15.0. The molecule has 1 atom stereocenters. The van der Waals surface area contributed by atoms with E-state index in [4.69, 9.17) is 16.0 Å². The average molecular weight is 328 g/mol. The Morgan fingerprint density at radius 2 is 2.19 bits per heavy atom. The van der Waals surface area contributed by atoms with Crippen LogP contribution in [-0.4, -0.2) is 32.4 Å². The molecular formula is C14H14ClNO4S. The van der Waals surface area contributed by atoms with Gasteiger partial charge in [0.25, 0.3) is 5.91 Å². The first-order chi connectivity index (χ1) is 9.93. The Kier molecular flexibility index (Phi) is 3.67. The summed E-state index contributed by atoms with van der Waals surface area (Å²) in [6.07, 6.45) is 0.596. The molecule has 0 unspecified atom stereocenters. The highest BCUT2D eigenvalue weighted by atomic mass is 35.5. The molecule has 1 N–H and O–H groups in total. The molecule has 1 aromatic carbocycles. The molecule has 0 saturated carbocycles. The SMILES string of the molecule is O=C(NC[C@@H]1CCS(=O)(=O)C1)c1cc2cc(Cl)ccc2o1. The maximum Gasteiger partial charge on any atom is 0.287 e. The van der Waals surface area contributed by atoms with Crippen LogP contribution in [0, 0.1) is 5.92 Å². The Morgan fingerprint density at radius 3 is 2.90 bits per heavy atom. The zero-order valence-electron chi connectivity index (χ0n) is 11.1. The number of benzene rings is 1. The summed E-state index contributed by atoms with van der Waals surface area (Å²) in [6, 6.07) is 6.75. The molecule has 21 heavy (non-hydrogen) atoms. The number of fused-ring (bicyclic) bond motifs is 1. The first-order valence-electron chi connectivity index (χ1n) is 6.61. The second-order valence-electron chi connectivity index (χ2n) is 5.27. The lowest BCUT2D eigenvalue weighted by atomic mass is 10.1. The number of rotatable bonds is 3. The Hall–Kier alpha value is -1.53. The van der Waals surface area contributed by atoms with Gasteiger partial charge in [-0.05, 0) is 36.6 Å². The Balaban J connectivity index is 1.67. The van der Waals surface area contributed by atoms with Crippen molar-refractivity contribution < 1.29 is 17.6 Å². The summed E-state index contributed by atoms with van der Waals surface area (Å²) in [4.78, 5) is 12.0. The fraction of sp³-hybridized carbons (Fsp3) is 0.357. The van der Waals surface area contributed by atoms with Crippen molar-refractivity contribution in [1.29, 1.82) is 0 Å². The number of furan rings is 1. The van der Waals surface area contributed by atoms with Gasteiger partial charge in [0.05, 0.1) is 11.5 Å². The standard InChI is InChI=1S/C14H14ClNO4S/c15-11-1-2-12-10(5-11)6-13(20-12)14(17)16-7-9-3-4-21(18,19)8-9/h1-2,5-6,9H,3-4,7-8H2,(H,16,17)/t9-/m0/s1. The maximum atomic E-state index is 12.0. The minimum atomic E-state index is -2.92. The number of hydrogen-bond acceptors (Lipinski definition) is 4. The Labute approximate surface area is 127 Å². The number of carbonyl (C=O) groups is 1. The molecule has 7 heteroatoms. The van der Waals surface area contributed by atoms with E-state index in [2.05, 4.69) is 5.32 Å². The molecule has 1 saturated heterocycles. The molecule has 1 aromatic heterocycles. The molecule has 3 rings (SSSR count). The van der Waals surface area contributed by atoms with Crippen LogP contribution in [0.4, 0.5) is 0 Å². The predicted molar refractivity (Wildman–Crippen MR) is 80.3 cm³/mol. The second kappa shape index (κ2) is 5.35. The van der Waals surface area contributed by atoms with Gasteiger partial charge >= 0.3 is 0 Å². The van der Waals surface area contributed by atoms with Gasteiger partial charge in [0.1, 0.15) is 5.58 Å². The quantitative estimate of drug-likeness (QED) is 0.938. The van der Waals surface area contributed by atoms with E-state index in [9.17, 15) is 13.2 Å². The van der Waals surface area contributed by atoms with Crippen molar-refractivity contribution in [3.8, 4) is 0 Å². The van der Waals surface area contributed by atoms with E-state index in [0.717, 1.165) is 5.39 Å². The van der Waals surface area contributed by atoms with Gasteiger partial charge in [0.2, 0.25) is 0 Å². The van der Waals surface area contributed by atoms with Gasteiger partial charge in [-0.2, -0.15) is 0 Å². The third kappa shape index (κ3) is 3.22. The summed E-state index contributed by atoms with van der Waals surface area (Å²) in [5.74, 6) is 0.192. The molecule has 2 heterocycles. The van der Waals surface area contributed by atoms with Gasteiger partial charge in [-0.1, -0.05) is 11.6 Å². The van der Waals surface area contributed by atoms with E-state index in [1.54, 1.807) is 24.3 Å². The molecule has 0 radical (unpaired) electrons. The van der Waals surface area contributed by atoms with Crippen LogP contribution in [0.25, 0.3) is 11.0 Å². The second-order valence-corrected chi connectivity index (χ2v) is 7.94. The minimum Gasteiger partial charge on any atom is -0.451 e. The summed E-state index contributed by atoms with van der Waals surface area (Å²) in [7, 11) is -2.92. The van der Waals surface area contributed by atoms with Crippen molar-refractivity contribution in [2.24, 2.45) is 5.92 Å². The van der Waals surface area contributed by atoms with Gasteiger partial charge in [0.15, 0.2) is 15.6 Å². The van der Waals surface area contributed by atoms with E-state index >= 15 is 0 Å². The average Bonchev–Trinajstić information content (AvgIpc) is 2.98. The predicted octanol–water partition coefficient (Wildman–Crippen LogP) is 2.25. The smallest absolute Gasteiger partial charge is 0.287 e. The molecule has 1 aliphatic heterocycles. The van der Waals surface area contributed by atoms with Gasteiger partial charge in [-0.25, -0.2) is 8.42 Å². The molecule has 0 bridgehead atoms. The van der Waals surface area contributed by atoms with E-state index in [-0.39, 0.29) is 29.1 Å². The van der Waals surface area contributed by atoms with Gasteiger partial charge in [0, 0.05) is 17.0 Å². The molecule has 0 spiro atoms. The van der Waals surface area contributed by atoms with Gasteiger partial charge < -0.3 is 9.73 Å². The highest BCUT2D eigenvalue weighted by molar-refractivity contribution is 7.91. The van der Waals surface area contributed by atoms with Gasteiger partial charge in [-0.3, -0.25) is 4.79 Å². The van der Waals surface area contributed by atoms with Crippen LogP contribution in [0.3, 0.4) is 0 Å². The fourth-order valence-electron chi connectivity index (χ4n) is 2.48. The monoisotopic (exact) mass is 327 g/mol. The zero-order valence-corrected chi connectivity index (χ0v) is 12.7. The number of carbonyl (C=O) groups excluding carboxylic acids is 1. The lowest BCUT2D eigenvalue weighted by Gasteiger charge is -2.07. The van der Waals surface area contributed by atoms with Crippen molar-refractivity contribution >= 4 is 38.3 Å². The van der Waals surface area contributed by atoms with Crippen molar-refractivity contribution in [2.75, 3.05) is 18.1 Å². The Bertz CT molecular complexity index is 796. The summed E-state index contributed by atoms with van der Waals surface area (Å²) in [5, 5.41) is 4.06. The fourth-order valence-corrected chi connectivity index (χ4v) is 4.53. The molecule has 0 aliphatic carbocycles. The number of hydrogen-bond donors (Lipinski definition) is 1. The van der Waals surface area contributed by atoms with Crippen molar-refractivity contribution in [2.45, 2.75) is 6.42 Å². The van der Waals surface area contributed by atoms with Crippen LogP contribution >= 0.6 is 11.6 Å². The van der Waals surface area contributed by atoms with E-state index in [0.29, 0.717) is 23.6 Å². The number of amides is 1. The molecule has 112 valence electrons. The highest BCUT2D eigenvalue weighted by Gasteiger charge is 2.28. The number of nitrogens with one attached hydrogen (secondary N) is 1. The number of halogens is 1. The van der Waals surface area contributed by atoms with E-state index < -0.39 is 9.84 Å². The first kappa shape index (κ1) is 14.4. The van der Waals surface area contributed by atoms with E-state index in [1.165, 1.54) is 0 Å². The summed E-state index contributed by atoms with van der Waals surface area (Å²) >= 11 is 5.88. The minimum absolute atomic E-state index is 0.0160. The topological polar surface area (TPSA) is 76.4 Å². The molecule has 5 nitrogen and oxygen atoms in total. The number of sulfone groups is 1. The third-order valence-corrected chi connectivity index (χ3v) is 5.65. The van der Waals surface area contributed by atoms with Crippen LogP contribution < -0.4 is 5.32 Å². The third-order valence-electron chi connectivity index (χ3n) is 3.58. The summed E-state index contributed by atoms with van der Waals surface area (Å²) in [5.41, 5.74) is 0.591. The van der Waals surface area contributed by atoms with Crippen LogP contribution in [0.15, 0.2) is 28.7 Å². The Morgan fingerprint density at radius 1 is 1.38 bits per heavy atom. The highest BCUT2D eigenvalue weighted by Crippen LogP contribution is 2.23. The largest absolute Gasteiger partial charge is 0.451 e. The van der Waals surface area contributed by atoms with Crippen molar-refractivity contribution in [3.05, 3.63) is 35.0 Å². The molecule has 1 amide bonds. The molecule has 1 fully saturated rings. The molecule has 1 aliphatic rings. The molecular weight excluding hydrogens is 314 g/mol. The van der Waals surface area contributed by atoms with Crippen molar-refractivity contribution in [1.82, 2.24) is 5.32 Å². The first-order valence-corrected chi connectivity index (χ1v) is 8.81. The van der Waals surface area contributed by atoms with Crippen LogP contribution in [0.1, 0.15) is 17.0 Å². The van der Waals surface area contributed by atoms with Crippen molar-refractivity contribution in [3.63, 3.8) is 0 Å².